The van der Waals surface area contributed by atoms with Crippen LogP contribution in [0.5, 0.6) is 0 Å². The molecule has 0 fully saturated rings. The highest BCUT2D eigenvalue weighted by Gasteiger charge is 2.24. The van der Waals surface area contributed by atoms with Crippen molar-refractivity contribution >= 4 is 32.7 Å². The molecule has 0 unspecified atom stereocenters. The zero-order chi connectivity index (χ0) is 22.5. The Morgan fingerprint density at radius 1 is 0.938 bits per heavy atom. The Labute approximate surface area is 195 Å². The van der Waals surface area contributed by atoms with Crippen molar-refractivity contribution in [2.45, 2.75) is 32.9 Å². The summed E-state index contributed by atoms with van der Waals surface area (Å²) in [4.78, 5) is 27.0. The van der Waals surface area contributed by atoms with Gasteiger partial charge in [0.15, 0.2) is 0 Å². The Balaban J connectivity index is 1.95. The number of pyridine rings is 1. The van der Waals surface area contributed by atoms with E-state index in [1.807, 2.05) is 78.9 Å². The fourth-order valence-electron chi connectivity index (χ4n) is 3.85. The maximum Gasteiger partial charge on any atom is 0.356 e. The van der Waals surface area contributed by atoms with Gasteiger partial charge in [-0.1, -0.05) is 89.9 Å². The van der Waals surface area contributed by atoms with Gasteiger partial charge in [-0.05, 0) is 41.1 Å². The van der Waals surface area contributed by atoms with Gasteiger partial charge in [-0.2, -0.15) is 0 Å². The van der Waals surface area contributed by atoms with E-state index >= 15 is 0 Å². The average molecular weight is 490 g/mol. The lowest BCUT2D eigenvalue weighted by Gasteiger charge is -2.19. The molecule has 0 amide bonds. The number of ether oxygens (including phenoxy) is 1. The number of carbonyl (C=O) groups is 1. The van der Waals surface area contributed by atoms with Crippen molar-refractivity contribution in [2.75, 3.05) is 0 Å². The predicted octanol–water partition coefficient (Wildman–Crippen LogP) is 6.59. The molecule has 4 aromatic rings. The SMILES string of the molecule is CCCCn1c(C(=O)OCc2ccccc2)c(-c2ccccc2)c2cc(Br)ccc2c1=O. The van der Waals surface area contributed by atoms with E-state index in [4.69, 9.17) is 4.74 Å². The Bertz CT molecular complexity index is 1300. The van der Waals surface area contributed by atoms with E-state index in [-0.39, 0.29) is 12.2 Å². The average Bonchev–Trinajstić information content (AvgIpc) is 2.83. The first kappa shape index (κ1) is 22.0. The molecule has 0 N–H and O–H groups in total. The lowest BCUT2D eigenvalue weighted by Crippen LogP contribution is -2.28. The molecule has 4 rings (SSSR count). The number of halogens is 1. The second-order valence-electron chi connectivity index (χ2n) is 7.65. The first-order valence-electron chi connectivity index (χ1n) is 10.7. The van der Waals surface area contributed by atoms with Crippen LogP contribution < -0.4 is 5.56 Å². The summed E-state index contributed by atoms with van der Waals surface area (Å²) in [6.45, 7) is 2.66. The molecule has 5 heteroatoms. The maximum atomic E-state index is 13.5. The van der Waals surface area contributed by atoms with Crippen molar-refractivity contribution in [1.29, 1.82) is 0 Å². The number of carbonyl (C=O) groups excluding carboxylic acids is 1. The third kappa shape index (κ3) is 4.53. The Morgan fingerprint density at radius 3 is 2.31 bits per heavy atom. The van der Waals surface area contributed by atoms with Gasteiger partial charge in [-0.25, -0.2) is 4.79 Å². The lowest BCUT2D eigenvalue weighted by molar-refractivity contribution is 0.0459. The minimum atomic E-state index is -0.497. The largest absolute Gasteiger partial charge is 0.456 e. The van der Waals surface area contributed by atoms with Crippen molar-refractivity contribution < 1.29 is 9.53 Å². The summed E-state index contributed by atoms with van der Waals surface area (Å²) < 4.78 is 8.16. The minimum absolute atomic E-state index is 0.145. The van der Waals surface area contributed by atoms with Crippen LogP contribution in [0.1, 0.15) is 35.8 Å². The van der Waals surface area contributed by atoms with E-state index in [0.717, 1.165) is 39.4 Å². The number of esters is 1. The summed E-state index contributed by atoms with van der Waals surface area (Å²) in [5, 5.41) is 1.32. The van der Waals surface area contributed by atoms with Gasteiger partial charge in [0.05, 0.1) is 0 Å². The molecule has 162 valence electrons. The molecule has 0 bridgehead atoms. The van der Waals surface area contributed by atoms with Crippen molar-refractivity contribution in [3.63, 3.8) is 0 Å². The van der Waals surface area contributed by atoms with Crippen molar-refractivity contribution in [3.05, 3.63) is 105 Å². The molecular weight excluding hydrogens is 466 g/mol. The van der Waals surface area contributed by atoms with Crippen LogP contribution in [-0.4, -0.2) is 10.5 Å². The van der Waals surface area contributed by atoms with E-state index in [0.29, 0.717) is 17.6 Å². The van der Waals surface area contributed by atoms with Gasteiger partial charge >= 0.3 is 5.97 Å². The zero-order valence-electron chi connectivity index (χ0n) is 17.9. The lowest BCUT2D eigenvalue weighted by atomic mass is 9.96. The van der Waals surface area contributed by atoms with Crippen LogP contribution in [0.15, 0.2) is 88.1 Å². The van der Waals surface area contributed by atoms with Crippen molar-refractivity contribution in [2.24, 2.45) is 0 Å². The van der Waals surface area contributed by atoms with Crippen LogP contribution in [0.4, 0.5) is 0 Å². The summed E-state index contributed by atoms with van der Waals surface area (Å²) in [7, 11) is 0. The number of benzene rings is 3. The van der Waals surface area contributed by atoms with Crippen LogP contribution in [0.3, 0.4) is 0 Å². The molecule has 0 aliphatic carbocycles. The maximum absolute atomic E-state index is 13.5. The number of aromatic nitrogens is 1. The molecule has 0 radical (unpaired) electrons. The molecule has 32 heavy (non-hydrogen) atoms. The van der Waals surface area contributed by atoms with Crippen LogP contribution in [0.25, 0.3) is 21.9 Å². The molecule has 0 spiro atoms. The van der Waals surface area contributed by atoms with E-state index in [1.165, 1.54) is 0 Å². The third-order valence-corrected chi connectivity index (χ3v) is 5.93. The number of fused-ring (bicyclic) bond motifs is 1. The van der Waals surface area contributed by atoms with Crippen LogP contribution in [0.2, 0.25) is 0 Å². The fraction of sp³-hybridized carbons (Fsp3) is 0.185. The topological polar surface area (TPSA) is 48.3 Å². The molecule has 0 aliphatic heterocycles. The quantitative estimate of drug-likeness (QED) is 0.275. The molecule has 0 atom stereocenters. The van der Waals surface area contributed by atoms with Gasteiger partial charge in [0.25, 0.3) is 5.56 Å². The highest BCUT2D eigenvalue weighted by atomic mass is 79.9. The summed E-state index contributed by atoms with van der Waals surface area (Å²) in [6.07, 6.45) is 1.69. The van der Waals surface area contributed by atoms with Gasteiger partial charge in [0.2, 0.25) is 0 Å². The van der Waals surface area contributed by atoms with Gasteiger partial charge in [-0.3, -0.25) is 4.79 Å². The number of hydrogen-bond donors (Lipinski definition) is 0. The first-order valence-corrected chi connectivity index (χ1v) is 11.5. The molecule has 1 heterocycles. The third-order valence-electron chi connectivity index (χ3n) is 5.44. The highest BCUT2D eigenvalue weighted by molar-refractivity contribution is 9.10. The second-order valence-corrected chi connectivity index (χ2v) is 8.57. The molecule has 0 saturated heterocycles. The molecular formula is C27H24BrNO3. The molecule has 4 nitrogen and oxygen atoms in total. The standard InChI is InChI=1S/C27H24BrNO3/c1-2-3-16-29-25(27(31)32-18-19-10-6-4-7-11-19)24(20-12-8-5-9-13-20)23-17-21(28)14-15-22(23)26(29)30/h4-15,17H,2-3,16,18H2,1H3. The molecule has 0 aliphatic rings. The van der Waals surface area contributed by atoms with Gasteiger partial charge in [-0.15, -0.1) is 0 Å². The Kier molecular flexibility index (Phi) is 6.86. The molecule has 3 aromatic carbocycles. The van der Waals surface area contributed by atoms with E-state index in [1.54, 1.807) is 4.57 Å². The van der Waals surface area contributed by atoms with Gasteiger partial charge < -0.3 is 9.30 Å². The number of nitrogens with zero attached hydrogens (tertiary/aromatic N) is 1. The number of unbranched alkanes of at least 4 members (excludes halogenated alkanes) is 1. The summed E-state index contributed by atoms with van der Waals surface area (Å²) >= 11 is 3.52. The van der Waals surface area contributed by atoms with Crippen molar-refractivity contribution in [3.8, 4) is 11.1 Å². The summed E-state index contributed by atoms with van der Waals surface area (Å²) in [5.41, 5.74) is 2.61. The van der Waals surface area contributed by atoms with Crippen LogP contribution in [0, 0.1) is 0 Å². The zero-order valence-corrected chi connectivity index (χ0v) is 19.5. The summed E-state index contributed by atoms with van der Waals surface area (Å²) in [5.74, 6) is -0.497. The van der Waals surface area contributed by atoms with Gasteiger partial charge in [0.1, 0.15) is 12.3 Å². The van der Waals surface area contributed by atoms with Crippen molar-refractivity contribution in [1.82, 2.24) is 4.57 Å². The van der Waals surface area contributed by atoms with Gasteiger partial charge in [0, 0.05) is 22.0 Å². The van der Waals surface area contributed by atoms with E-state index in [9.17, 15) is 9.59 Å². The number of hydrogen-bond acceptors (Lipinski definition) is 3. The Morgan fingerprint density at radius 2 is 1.62 bits per heavy atom. The monoisotopic (exact) mass is 489 g/mol. The summed E-state index contributed by atoms with van der Waals surface area (Å²) in [6, 6.07) is 24.8. The molecule has 1 aromatic heterocycles. The first-order chi connectivity index (χ1) is 15.6. The molecule has 0 saturated carbocycles. The van der Waals surface area contributed by atoms with E-state index < -0.39 is 5.97 Å². The number of rotatable bonds is 7. The Hall–Kier alpha value is -3.18. The predicted molar refractivity (Wildman–Crippen MR) is 132 cm³/mol. The highest BCUT2D eigenvalue weighted by Crippen LogP contribution is 2.33. The van der Waals surface area contributed by atoms with Crippen LogP contribution in [-0.2, 0) is 17.9 Å². The van der Waals surface area contributed by atoms with Crippen LogP contribution >= 0.6 is 15.9 Å². The normalized spacial score (nSPS) is 10.9. The minimum Gasteiger partial charge on any atom is -0.456 e. The fourth-order valence-corrected chi connectivity index (χ4v) is 4.21. The smallest absolute Gasteiger partial charge is 0.356 e. The second kappa shape index (κ2) is 9.96. The van der Waals surface area contributed by atoms with E-state index in [2.05, 4.69) is 22.9 Å².